The second-order valence-electron chi connectivity index (χ2n) is 6.51. The van der Waals surface area contributed by atoms with E-state index in [4.69, 9.17) is 9.47 Å². The van der Waals surface area contributed by atoms with Gasteiger partial charge >= 0.3 is 0 Å². The predicted octanol–water partition coefficient (Wildman–Crippen LogP) is 1.90. The summed E-state index contributed by atoms with van der Waals surface area (Å²) in [5, 5.41) is 0. The van der Waals surface area contributed by atoms with Crippen molar-refractivity contribution in [3.63, 3.8) is 0 Å². The van der Waals surface area contributed by atoms with E-state index in [-0.39, 0.29) is 17.4 Å². The highest BCUT2D eigenvalue weighted by atomic mass is 16.5. The fourth-order valence-electron chi connectivity index (χ4n) is 2.27. The van der Waals surface area contributed by atoms with Crippen molar-refractivity contribution in [2.75, 3.05) is 20.2 Å². The summed E-state index contributed by atoms with van der Waals surface area (Å²) < 4.78 is 10.8. The number of aromatic nitrogens is 2. The number of methoxy groups -OCH3 is 1. The van der Waals surface area contributed by atoms with Gasteiger partial charge < -0.3 is 14.4 Å². The molecule has 0 spiro atoms. The van der Waals surface area contributed by atoms with Crippen molar-refractivity contribution < 1.29 is 14.3 Å². The van der Waals surface area contributed by atoms with E-state index in [2.05, 4.69) is 30.7 Å². The smallest absolute Gasteiger partial charge is 0.235 e. The number of hydrogen-bond donors (Lipinski definition) is 0. The summed E-state index contributed by atoms with van der Waals surface area (Å²) in [5.74, 6) is 1.04. The average Bonchev–Trinajstić information content (AvgIpc) is 2.85. The number of rotatable bonds is 4. The first kappa shape index (κ1) is 15.5. The summed E-state index contributed by atoms with van der Waals surface area (Å²) >= 11 is 0. The largest absolute Gasteiger partial charge is 0.480 e. The fraction of sp³-hybridized carbons (Fsp3) is 0.667. The molecule has 1 aromatic rings. The molecule has 6 nitrogen and oxygen atoms in total. The SMILES string of the molecule is COc1cncc(OC2CCN(C(=O)CC(C)(C)C)C2)n1. The molecular formula is C15H23N3O3. The molecule has 6 heteroatoms. The van der Waals surface area contributed by atoms with Crippen LogP contribution in [0.2, 0.25) is 0 Å². The first-order chi connectivity index (χ1) is 9.87. The van der Waals surface area contributed by atoms with E-state index < -0.39 is 0 Å². The lowest BCUT2D eigenvalue weighted by atomic mass is 9.92. The molecule has 1 atom stereocenters. The lowest BCUT2D eigenvalue weighted by Crippen LogP contribution is -2.33. The number of amides is 1. The molecule has 2 rings (SSSR count). The maximum Gasteiger partial charge on any atom is 0.235 e. The Labute approximate surface area is 125 Å². The Bertz CT molecular complexity index is 499. The third-order valence-corrected chi connectivity index (χ3v) is 3.27. The molecule has 0 bridgehead atoms. The van der Waals surface area contributed by atoms with E-state index in [1.165, 1.54) is 13.3 Å². The highest BCUT2D eigenvalue weighted by Gasteiger charge is 2.30. The second kappa shape index (κ2) is 6.28. The Morgan fingerprint density at radius 1 is 1.38 bits per heavy atom. The van der Waals surface area contributed by atoms with Crippen LogP contribution in [0.25, 0.3) is 0 Å². The quantitative estimate of drug-likeness (QED) is 0.848. The lowest BCUT2D eigenvalue weighted by molar-refractivity contribution is -0.132. The van der Waals surface area contributed by atoms with Gasteiger partial charge in [0.15, 0.2) is 0 Å². The molecular weight excluding hydrogens is 270 g/mol. The highest BCUT2D eigenvalue weighted by Crippen LogP contribution is 2.23. The Balaban J connectivity index is 1.89. The Hall–Kier alpha value is -1.85. The minimum atomic E-state index is -0.0321. The van der Waals surface area contributed by atoms with Crippen molar-refractivity contribution in [1.82, 2.24) is 14.9 Å². The van der Waals surface area contributed by atoms with Crippen LogP contribution in [-0.2, 0) is 4.79 Å². The van der Waals surface area contributed by atoms with Gasteiger partial charge in [0, 0.05) is 19.4 Å². The van der Waals surface area contributed by atoms with Crippen molar-refractivity contribution >= 4 is 5.91 Å². The van der Waals surface area contributed by atoms with Gasteiger partial charge in [-0.15, -0.1) is 0 Å². The van der Waals surface area contributed by atoms with Crippen LogP contribution in [0.3, 0.4) is 0 Å². The van der Waals surface area contributed by atoms with Gasteiger partial charge in [-0.1, -0.05) is 20.8 Å². The van der Waals surface area contributed by atoms with Gasteiger partial charge in [-0.3, -0.25) is 9.78 Å². The molecule has 1 aromatic heterocycles. The molecule has 0 aliphatic carbocycles. The topological polar surface area (TPSA) is 64.6 Å². The van der Waals surface area contributed by atoms with Gasteiger partial charge in [0.1, 0.15) is 6.10 Å². The van der Waals surface area contributed by atoms with Gasteiger partial charge in [0.25, 0.3) is 0 Å². The van der Waals surface area contributed by atoms with Crippen molar-refractivity contribution in [2.24, 2.45) is 5.41 Å². The van der Waals surface area contributed by atoms with E-state index in [0.29, 0.717) is 24.7 Å². The molecule has 1 aliphatic heterocycles. The molecule has 0 radical (unpaired) electrons. The molecule has 2 heterocycles. The molecule has 0 aromatic carbocycles. The number of likely N-dealkylation sites (tertiary alicyclic amines) is 1. The van der Waals surface area contributed by atoms with E-state index in [0.717, 1.165) is 13.0 Å². The van der Waals surface area contributed by atoms with Crippen LogP contribution in [0.4, 0.5) is 0 Å². The Morgan fingerprint density at radius 3 is 2.76 bits per heavy atom. The van der Waals surface area contributed by atoms with Gasteiger partial charge in [-0.2, -0.15) is 4.98 Å². The Kier molecular flexibility index (Phi) is 4.65. The molecule has 21 heavy (non-hydrogen) atoms. The first-order valence-electron chi connectivity index (χ1n) is 7.18. The van der Waals surface area contributed by atoms with Gasteiger partial charge in [0.05, 0.1) is 26.0 Å². The van der Waals surface area contributed by atoms with E-state index in [1.54, 1.807) is 6.20 Å². The molecule has 1 aliphatic rings. The maximum absolute atomic E-state index is 12.2. The second-order valence-corrected chi connectivity index (χ2v) is 6.51. The van der Waals surface area contributed by atoms with Crippen LogP contribution in [0.15, 0.2) is 12.4 Å². The molecule has 1 unspecified atom stereocenters. The zero-order valence-electron chi connectivity index (χ0n) is 13.1. The maximum atomic E-state index is 12.2. The average molecular weight is 293 g/mol. The molecule has 0 N–H and O–H groups in total. The molecule has 116 valence electrons. The number of nitrogens with zero attached hydrogens (tertiary/aromatic N) is 3. The van der Waals surface area contributed by atoms with Gasteiger partial charge in [-0.25, -0.2) is 0 Å². The zero-order valence-corrected chi connectivity index (χ0v) is 13.1. The number of hydrogen-bond acceptors (Lipinski definition) is 5. The third kappa shape index (κ3) is 4.58. The number of ether oxygens (including phenoxy) is 2. The van der Waals surface area contributed by atoms with Crippen molar-refractivity contribution in [1.29, 1.82) is 0 Å². The summed E-state index contributed by atoms with van der Waals surface area (Å²) in [5.41, 5.74) is 0.00823. The van der Waals surface area contributed by atoms with E-state index >= 15 is 0 Å². The number of carbonyl (C=O) groups is 1. The van der Waals surface area contributed by atoms with Crippen LogP contribution in [0, 0.1) is 5.41 Å². The lowest BCUT2D eigenvalue weighted by Gasteiger charge is -2.23. The minimum absolute atomic E-state index is 0.00823. The molecule has 1 saturated heterocycles. The molecule has 1 amide bonds. The third-order valence-electron chi connectivity index (χ3n) is 3.27. The van der Waals surface area contributed by atoms with Crippen LogP contribution >= 0.6 is 0 Å². The van der Waals surface area contributed by atoms with Crippen LogP contribution < -0.4 is 9.47 Å². The zero-order chi connectivity index (χ0) is 15.5. The summed E-state index contributed by atoms with van der Waals surface area (Å²) in [6, 6.07) is 0. The Morgan fingerprint density at radius 2 is 2.10 bits per heavy atom. The van der Waals surface area contributed by atoms with Crippen LogP contribution in [-0.4, -0.2) is 47.1 Å². The molecule has 0 saturated carbocycles. The standard InChI is InChI=1S/C15H23N3O3/c1-15(2,3)7-14(19)18-6-5-11(10-18)21-13-9-16-8-12(17-13)20-4/h8-9,11H,5-7,10H2,1-4H3. The van der Waals surface area contributed by atoms with Crippen LogP contribution in [0.5, 0.6) is 11.8 Å². The van der Waals surface area contributed by atoms with Crippen molar-refractivity contribution in [2.45, 2.75) is 39.7 Å². The summed E-state index contributed by atoms with van der Waals surface area (Å²) in [4.78, 5) is 22.2. The fourth-order valence-corrected chi connectivity index (χ4v) is 2.27. The summed E-state index contributed by atoms with van der Waals surface area (Å²) in [7, 11) is 1.54. The normalized spacial score (nSPS) is 18.7. The van der Waals surface area contributed by atoms with Crippen molar-refractivity contribution in [3.05, 3.63) is 12.4 Å². The highest BCUT2D eigenvalue weighted by molar-refractivity contribution is 5.77. The molecule has 1 fully saturated rings. The summed E-state index contributed by atoms with van der Waals surface area (Å²) in [6.45, 7) is 7.55. The van der Waals surface area contributed by atoms with E-state index in [1.807, 2.05) is 4.90 Å². The predicted molar refractivity (Wildman–Crippen MR) is 78.3 cm³/mol. The van der Waals surface area contributed by atoms with Gasteiger partial charge in [-0.05, 0) is 5.41 Å². The van der Waals surface area contributed by atoms with Crippen molar-refractivity contribution in [3.8, 4) is 11.8 Å². The van der Waals surface area contributed by atoms with Gasteiger partial charge in [0.2, 0.25) is 17.7 Å². The monoisotopic (exact) mass is 293 g/mol. The minimum Gasteiger partial charge on any atom is -0.480 e. The number of carbonyl (C=O) groups excluding carboxylic acids is 1. The van der Waals surface area contributed by atoms with Crippen LogP contribution in [0.1, 0.15) is 33.6 Å². The van der Waals surface area contributed by atoms with E-state index in [9.17, 15) is 4.79 Å². The summed E-state index contributed by atoms with van der Waals surface area (Å²) in [6.07, 6.45) is 4.42. The first-order valence-corrected chi connectivity index (χ1v) is 7.18.